The molecule has 0 bridgehead atoms. The van der Waals surface area contributed by atoms with E-state index in [1.54, 1.807) is 0 Å². The Morgan fingerprint density at radius 1 is 1.20 bits per heavy atom. The molecule has 20 heavy (non-hydrogen) atoms. The fourth-order valence-electron chi connectivity index (χ4n) is 3.92. The third-order valence-electron chi connectivity index (χ3n) is 4.92. The summed E-state index contributed by atoms with van der Waals surface area (Å²) in [5.74, 6) is -0.0201. The Bertz CT molecular complexity index is 408. The summed E-state index contributed by atoms with van der Waals surface area (Å²) in [7, 11) is 1.44. The molecule has 3 aliphatic rings. The first-order valence-corrected chi connectivity index (χ1v) is 7.41. The second-order valence-corrected chi connectivity index (χ2v) is 5.81. The summed E-state index contributed by atoms with van der Waals surface area (Å²) in [5.41, 5.74) is -0.540. The van der Waals surface area contributed by atoms with E-state index in [2.05, 4.69) is 4.90 Å². The van der Waals surface area contributed by atoms with Crippen LogP contribution in [0.4, 0.5) is 0 Å². The van der Waals surface area contributed by atoms with Crippen molar-refractivity contribution in [3.05, 3.63) is 0 Å². The smallest absolute Gasteiger partial charge is 0.326 e. The van der Waals surface area contributed by atoms with Gasteiger partial charge in [-0.3, -0.25) is 14.5 Å². The number of hydrogen-bond acceptors (Lipinski definition) is 5. The van der Waals surface area contributed by atoms with Crippen LogP contribution in [0.3, 0.4) is 0 Å². The van der Waals surface area contributed by atoms with Crippen LogP contribution in [0.1, 0.15) is 25.7 Å². The van der Waals surface area contributed by atoms with Gasteiger partial charge in [0, 0.05) is 19.6 Å². The van der Waals surface area contributed by atoms with Gasteiger partial charge in [0.05, 0.1) is 26.4 Å². The lowest BCUT2D eigenvalue weighted by atomic mass is 9.94. The van der Waals surface area contributed by atoms with Crippen LogP contribution in [-0.2, 0) is 19.1 Å². The van der Waals surface area contributed by atoms with Gasteiger partial charge in [0.1, 0.15) is 5.54 Å². The summed E-state index contributed by atoms with van der Waals surface area (Å²) < 4.78 is 10.3. The Kier molecular flexibility index (Phi) is 3.69. The number of rotatable bonds is 2. The van der Waals surface area contributed by atoms with Crippen molar-refractivity contribution >= 4 is 11.9 Å². The molecule has 0 aliphatic carbocycles. The highest BCUT2D eigenvalue weighted by Crippen LogP contribution is 2.43. The van der Waals surface area contributed by atoms with E-state index in [1.165, 1.54) is 7.11 Å². The number of esters is 1. The van der Waals surface area contributed by atoms with Crippen molar-refractivity contribution in [2.45, 2.75) is 37.3 Å². The fourth-order valence-corrected chi connectivity index (χ4v) is 3.92. The van der Waals surface area contributed by atoms with Crippen molar-refractivity contribution in [3.8, 4) is 0 Å². The number of nitrogens with zero attached hydrogens (tertiary/aromatic N) is 2. The molecular weight excluding hydrogens is 260 g/mol. The highest BCUT2D eigenvalue weighted by molar-refractivity contribution is 5.87. The van der Waals surface area contributed by atoms with Gasteiger partial charge in [0.25, 0.3) is 0 Å². The molecular formula is C14H22N2O4. The Balaban J connectivity index is 1.75. The van der Waals surface area contributed by atoms with Crippen molar-refractivity contribution in [1.29, 1.82) is 0 Å². The zero-order chi connectivity index (χ0) is 14.2. The monoisotopic (exact) mass is 282 g/mol. The SMILES string of the molecule is COC(=O)[C@@]12CCCN1[C@@H](C(=O)N1CCOCC1)CC2. The lowest BCUT2D eigenvalue weighted by Gasteiger charge is -2.35. The van der Waals surface area contributed by atoms with Crippen LogP contribution in [-0.4, -0.2) is 73.2 Å². The fraction of sp³-hybridized carbons (Fsp3) is 0.857. The average Bonchev–Trinajstić information content (AvgIpc) is 3.06. The van der Waals surface area contributed by atoms with Crippen LogP contribution in [0, 0.1) is 0 Å². The maximum atomic E-state index is 12.7. The molecule has 112 valence electrons. The Hall–Kier alpha value is -1.14. The highest BCUT2D eigenvalue weighted by atomic mass is 16.5. The lowest BCUT2D eigenvalue weighted by molar-refractivity contribution is -0.154. The quantitative estimate of drug-likeness (QED) is 0.668. The predicted molar refractivity (Wildman–Crippen MR) is 71.1 cm³/mol. The van der Waals surface area contributed by atoms with Gasteiger partial charge in [0.2, 0.25) is 5.91 Å². The summed E-state index contributed by atoms with van der Waals surface area (Å²) in [6, 6.07) is -0.158. The second kappa shape index (κ2) is 5.33. The number of hydrogen-bond donors (Lipinski definition) is 0. The van der Waals surface area contributed by atoms with Crippen LogP contribution < -0.4 is 0 Å². The first-order valence-electron chi connectivity index (χ1n) is 7.41. The second-order valence-electron chi connectivity index (χ2n) is 5.81. The number of ether oxygens (including phenoxy) is 2. The Morgan fingerprint density at radius 2 is 1.95 bits per heavy atom. The molecule has 0 aromatic heterocycles. The van der Waals surface area contributed by atoms with Gasteiger partial charge < -0.3 is 14.4 Å². The molecule has 3 fully saturated rings. The van der Waals surface area contributed by atoms with Gasteiger partial charge in [-0.2, -0.15) is 0 Å². The molecule has 1 amide bonds. The molecule has 0 saturated carbocycles. The van der Waals surface area contributed by atoms with Crippen LogP contribution >= 0.6 is 0 Å². The summed E-state index contributed by atoms with van der Waals surface area (Å²) in [5, 5.41) is 0. The highest BCUT2D eigenvalue weighted by Gasteiger charge is 2.57. The van der Waals surface area contributed by atoms with E-state index >= 15 is 0 Å². The summed E-state index contributed by atoms with van der Waals surface area (Å²) in [6.45, 7) is 3.36. The molecule has 3 saturated heterocycles. The molecule has 2 atom stereocenters. The van der Waals surface area contributed by atoms with Crippen molar-refractivity contribution in [2.75, 3.05) is 40.0 Å². The summed E-state index contributed by atoms with van der Waals surface area (Å²) in [4.78, 5) is 28.8. The molecule has 0 N–H and O–H groups in total. The van der Waals surface area contributed by atoms with Crippen LogP contribution in [0.25, 0.3) is 0 Å². The molecule has 6 heteroatoms. The van der Waals surface area contributed by atoms with Crippen molar-refractivity contribution in [2.24, 2.45) is 0 Å². The molecule has 6 nitrogen and oxygen atoms in total. The van der Waals surface area contributed by atoms with E-state index in [0.717, 1.165) is 32.2 Å². The number of methoxy groups -OCH3 is 1. The normalized spacial score (nSPS) is 34.0. The zero-order valence-corrected chi connectivity index (χ0v) is 12.0. The first kappa shape index (κ1) is 13.8. The minimum atomic E-state index is -0.540. The number of amides is 1. The number of fused-ring (bicyclic) bond motifs is 1. The van der Waals surface area contributed by atoms with Crippen LogP contribution in [0.15, 0.2) is 0 Å². The topological polar surface area (TPSA) is 59.1 Å². The molecule has 0 spiro atoms. The van der Waals surface area contributed by atoms with Crippen molar-refractivity contribution in [3.63, 3.8) is 0 Å². The number of morpholine rings is 1. The molecule has 3 aliphatic heterocycles. The first-order chi connectivity index (χ1) is 9.69. The van der Waals surface area contributed by atoms with Gasteiger partial charge in [-0.25, -0.2) is 0 Å². The number of carbonyl (C=O) groups is 2. The minimum Gasteiger partial charge on any atom is -0.468 e. The van der Waals surface area contributed by atoms with E-state index in [-0.39, 0.29) is 17.9 Å². The van der Waals surface area contributed by atoms with E-state index in [9.17, 15) is 9.59 Å². The third-order valence-corrected chi connectivity index (χ3v) is 4.92. The molecule has 0 unspecified atom stereocenters. The maximum Gasteiger partial charge on any atom is 0.326 e. The van der Waals surface area contributed by atoms with Crippen LogP contribution in [0.5, 0.6) is 0 Å². The van der Waals surface area contributed by atoms with Gasteiger partial charge in [-0.15, -0.1) is 0 Å². The van der Waals surface area contributed by atoms with E-state index in [1.807, 2.05) is 4.90 Å². The standard InChI is InChI=1S/C14H22N2O4/c1-19-13(18)14-4-2-6-16(14)11(3-5-14)12(17)15-7-9-20-10-8-15/h11H,2-10H2,1H3/t11-,14+/m1/s1. The Morgan fingerprint density at radius 3 is 2.65 bits per heavy atom. The zero-order valence-electron chi connectivity index (χ0n) is 12.0. The van der Waals surface area contributed by atoms with Gasteiger partial charge in [0.15, 0.2) is 0 Å². The third kappa shape index (κ3) is 2.02. The molecule has 0 aromatic carbocycles. The van der Waals surface area contributed by atoms with Crippen LogP contribution in [0.2, 0.25) is 0 Å². The van der Waals surface area contributed by atoms with E-state index in [0.29, 0.717) is 26.3 Å². The van der Waals surface area contributed by atoms with E-state index in [4.69, 9.17) is 9.47 Å². The Labute approximate surface area is 119 Å². The minimum absolute atomic E-state index is 0.154. The van der Waals surface area contributed by atoms with E-state index < -0.39 is 5.54 Å². The maximum absolute atomic E-state index is 12.7. The van der Waals surface area contributed by atoms with Gasteiger partial charge >= 0.3 is 5.97 Å². The molecule has 0 radical (unpaired) electrons. The van der Waals surface area contributed by atoms with Gasteiger partial charge in [-0.05, 0) is 25.7 Å². The van der Waals surface area contributed by atoms with Crippen molar-refractivity contribution in [1.82, 2.24) is 9.80 Å². The predicted octanol–water partition coefficient (Wildman–Crippen LogP) is 0.0152. The average molecular weight is 282 g/mol. The lowest BCUT2D eigenvalue weighted by Crippen LogP contribution is -2.55. The summed E-state index contributed by atoms with van der Waals surface area (Å²) in [6.07, 6.45) is 3.26. The molecule has 3 rings (SSSR count). The van der Waals surface area contributed by atoms with Gasteiger partial charge in [-0.1, -0.05) is 0 Å². The molecule has 0 aromatic rings. The van der Waals surface area contributed by atoms with Crippen molar-refractivity contribution < 1.29 is 19.1 Å². The summed E-state index contributed by atoms with van der Waals surface area (Å²) >= 11 is 0. The number of carbonyl (C=O) groups excluding carboxylic acids is 2. The molecule has 3 heterocycles. The largest absolute Gasteiger partial charge is 0.468 e.